The molecule has 0 N–H and O–H groups in total. The zero-order chi connectivity index (χ0) is 27.7. The number of carbonyl (C=O) groups is 3. The van der Waals surface area contributed by atoms with Crippen LogP contribution in [0.1, 0.15) is 55.9 Å². The Morgan fingerprint density at radius 1 is 1.03 bits per heavy atom. The fourth-order valence-corrected chi connectivity index (χ4v) is 5.47. The number of carbonyl (C=O) groups excluding carboxylic acids is 3. The van der Waals surface area contributed by atoms with E-state index in [-0.39, 0.29) is 30.5 Å². The summed E-state index contributed by atoms with van der Waals surface area (Å²) in [7, 11) is 0. The van der Waals surface area contributed by atoms with Crippen LogP contribution < -0.4 is 0 Å². The molecule has 0 saturated carbocycles. The Kier molecular flexibility index (Phi) is 6.99. The maximum atomic E-state index is 14.7. The van der Waals surface area contributed by atoms with Gasteiger partial charge in [0.15, 0.2) is 0 Å². The van der Waals surface area contributed by atoms with Crippen molar-refractivity contribution in [2.75, 3.05) is 0 Å². The summed E-state index contributed by atoms with van der Waals surface area (Å²) in [6, 6.07) is 20.7. The van der Waals surface area contributed by atoms with Gasteiger partial charge in [0, 0.05) is 25.3 Å². The van der Waals surface area contributed by atoms with Crippen molar-refractivity contribution in [2.24, 2.45) is 5.10 Å². The van der Waals surface area contributed by atoms with Crippen molar-refractivity contribution in [1.82, 2.24) is 9.91 Å². The van der Waals surface area contributed by atoms with Gasteiger partial charge in [0.05, 0.1) is 17.3 Å². The molecule has 1 fully saturated rings. The second-order valence-corrected chi connectivity index (χ2v) is 9.80. The zero-order valence-electron chi connectivity index (χ0n) is 21.5. The summed E-state index contributed by atoms with van der Waals surface area (Å²) in [4.78, 5) is 40.2. The summed E-state index contributed by atoms with van der Waals surface area (Å²) in [5, 5.41) is 5.67. The molecule has 7 nitrogen and oxygen atoms in total. The van der Waals surface area contributed by atoms with Gasteiger partial charge in [-0.05, 0) is 42.7 Å². The summed E-state index contributed by atoms with van der Waals surface area (Å²) in [5.41, 5.74) is 0.457. The molecule has 1 saturated heterocycles. The fourth-order valence-electron chi connectivity index (χ4n) is 5.47. The normalized spacial score (nSPS) is 22.6. The van der Waals surface area contributed by atoms with Crippen LogP contribution in [0.3, 0.4) is 0 Å². The fraction of sp³-hybridized carbons (Fsp3) is 0.267. The average Bonchev–Trinajstić information content (AvgIpc) is 3.48. The third-order valence-corrected chi connectivity index (χ3v) is 7.35. The van der Waals surface area contributed by atoms with Gasteiger partial charge in [0.25, 0.3) is 0 Å². The number of imide groups is 1. The van der Waals surface area contributed by atoms with E-state index in [1.54, 1.807) is 31.2 Å². The van der Waals surface area contributed by atoms with E-state index in [4.69, 9.17) is 4.74 Å². The van der Waals surface area contributed by atoms with Crippen molar-refractivity contribution in [3.63, 3.8) is 0 Å². The van der Waals surface area contributed by atoms with Crippen LogP contribution in [0.2, 0.25) is 0 Å². The molecule has 3 aromatic rings. The van der Waals surface area contributed by atoms with Crippen molar-refractivity contribution in [1.29, 1.82) is 0 Å². The van der Waals surface area contributed by atoms with Crippen LogP contribution in [0.15, 0.2) is 84.0 Å². The van der Waals surface area contributed by atoms with E-state index in [2.05, 4.69) is 5.10 Å². The molecule has 200 valence electrons. The predicted octanol–water partition coefficient (Wildman–Crippen LogP) is 5.71. The topological polar surface area (TPSA) is 79.3 Å². The van der Waals surface area contributed by atoms with Crippen molar-refractivity contribution in [3.8, 4) is 0 Å². The number of hydrazone groups is 1. The highest BCUT2D eigenvalue weighted by atomic mass is 19.1. The Hall–Kier alpha value is -4.40. The van der Waals surface area contributed by atoms with Crippen LogP contribution in [0.25, 0.3) is 0 Å². The van der Waals surface area contributed by atoms with Crippen molar-refractivity contribution in [2.45, 2.75) is 50.8 Å². The minimum atomic E-state index is -1.15. The monoisotopic (exact) mass is 531 g/mol. The molecule has 3 amide bonds. The third-order valence-electron chi connectivity index (χ3n) is 7.35. The highest BCUT2D eigenvalue weighted by Crippen LogP contribution is 2.44. The van der Waals surface area contributed by atoms with Crippen molar-refractivity contribution in [3.05, 3.63) is 107 Å². The van der Waals surface area contributed by atoms with Gasteiger partial charge >= 0.3 is 6.09 Å². The Labute approximate surface area is 224 Å². The molecule has 0 spiro atoms. The van der Waals surface area contributed by atoms with E-state index in [1.165, 1.54) is 11.9 Å². The molecule has 5 rings (SSSR count). The molecule has 2 heterocycles. The average molecular weight is 532 g/mol. The number of benzene rings is 3. The molecule has 39 heavy (non-hydrogen) atoms. The molecular weight excluding hydrogens is 504 g/mol. The molecule has 9 heteroatoms. The Balaban J connectivity index is 1.45. The Morgan fingerprint density at radius 2 is 1.69 bits per heavy atom. The Morgan fingerprint density at radius 3 is 2.36 bits per heavy atom. The van der Waals surface area contributed by atoms with Gasteiger partial charge in [-0.15, -0.1) is 0 Å². The van der Waals surface area contributed by atoms with E-state index in [0.29, 0.717) is 5.56 Å². The van der Waals surface area contributed by atoms with Gasteiger partial charge in [-0.3, -0.25) is 9.59 Å². The van der Waals surface area contributed by atoms with Crippen LogP contribution in [-0.4, -0.2) is 39.6 Å². The van der Waals surface area contributed by atoms with E-state index < -0.39 is 47.2 Å². The summed E-state index contributed by atoms with van der Waals surface area (Å²) < 4.78 is 34.3. The van der Waals surface area contributed by atoms with Crippen LogP contribution >= 0.6 is 0 Å². The highest BCUT2D eigenvalue weighted by molar-refractivity contribution is 6.04. The number of nitrogens with zero attached hydrogens (tertiary/aromatic N) is 3. The smallest absolute Gasteiger partial charge is 0.417 e. The minimum absolute atomic E-state index is 0.0483. The standard InChI is InChI=1S/C30H27F2N3O4/c1-19-28(21-9-5-3-6-10-21)39-29(38)34(19)27(37)15-16-30(22-11-7-4-8-12-22)18-26(33-35(30)20(2)36)24-17-23(31)13-14-25(24)32/h3-14,17,19,28H,15-16,18H2,1-2H3/t19-,28-,30-/m0/s1. The number of hydrogen-bond acceptors (Lipinski definition) is 5. The number of halogens is 2. The first kappa shape index (κ1) is 26.2. The highest BCUT2D eigenvalue weighted by Gasteiger charge is 2.49. The first-order valence-corrected chi connectivity index (χ1v) is 12.7. The summed E-state index contributed by atoms with van der Waals surface area (Å²) in [6.07, 6.45) is -1.31. The van der Waals surface area contributed by atoms with Crippen LogP contribution in [0.4, 0.5) is 13.6 Å². The third kappa shape index (κ3) is 4.80. The second kappa shape index (κ2) is 10.4. The second-order valence-electron chi connectivity index (χ2n) is 9.80. The summed E-state index contributed by atoms with van der Waals surface area (Å²) in [6.45, 7) is 3.08. The van der Waals surface area contributed by atoms with Gasteiger partial charge in [0.2, 0.25) is 11.8 Å². The first-order valence-electron chi connectivity index (χ1n) is 12.7. The minimum Gasteiger partial charge on any atom is -0.439 e. The quantitative estimate of drug-likeness (QED) is 0.409. The zero-order valence-corrected chi connectivity index (χ0v) is 21.5. The summed E-state index contributed by atoms with van der Waals surface area (Å²) in [5.74, 6) is -2.18. The lowest BCUT2D eigenvalue weighted by atomic mass is 9.80. The lowest BCUT2D eigenvalue weighted by Crippen LogP contribution is -2.44. The molecule has 0 aromatic heterocycles. The van der Waals surface area contributed by atoms with Gasteiger partial charge in [0.1, 0.15) is 17.7 Å². The lowest BCUT2D eigenvalue weighted by molar-refractivity contribution is -0.137. The van der Waals surface area contributed by atoms with Crippen LogP contribution in [0, 0.1) is 11.6 Å². The van der Waals surface area contributed by atoms with Crippen molar-refractivity contribution < 1.29 is 27.9 Å². The SMILES string of the molecule is CC(=O)N1N=C(c2cc(F)ccc2F)C[C@@]1(CCC(=O)N1C(=O)O[C@H](c2ccccc2)[C@@H]1C)c1ccccc1. The number of ether oxygens (including phenoxy) is 1. The number of hydrogen-bond donors (Lipinski definition) is 0. The maximum Gasteiger partial charge on any atom is 0.417 e. The van der Waals surface area contributed by atoms with Gasteiger partial charge < -0.3 is 4.74 Å². The molecule has 2 aliphatic heterocycles. The maximum absolute atomic E-state index is 14.7. The molecule has 2 aliphatic rings. The van der Waals surface area contributed by atoms with E-state index in [0.717, 1.165) is 28.7 Å². The molecule has 3 atom stereocenters. The molecular formula is C30H27F2N3O4. The van der Waals surface area contributed by atoms with E-state index in [1.807, 2.05) is 36.4 Å². The number of cyclic esters (lactones) is 1. The van der Waals surface area contributed by atoms with E-state index >= 15 is 0 Å². The first-order chi connectivity index (χ1) is 18.7. The summed E-state index contributed by atoms with van der Waals surface area (Å²) >= 11 is 0. The van der Waals surface area contributed by atoms with E-state index in [9.17, 15) is 23.2 Å². The van der Waals surface area contributed by atoms with Gasteiger partial charge in [-0.25, -0.2) is 23.5 Å². The molecule has 0 bridgehead atoms. The molecule has 0 radical (unpaired) electrons. The number of amides is 3. The Bertz CT molecular complexity index is 1450. The number of rotatable bonds is 6. The van der Waals surface area contributed by atoms with Gasteiger partial charge in [-0.2, -0.15) is 5.10 Å². The lowest BCUT2D eigenvalue weighted by Gasteiger charge is -2.36. The molecule has 3 aromatic carbocycles. The van der Waals surface area contributed by atoms with Crippen LogP contribution in [0.5, 0.6) is 0 Å². The van der Waals surface area contributed by atoms with Crippen molar-refractivity contribution >= 4 is 23.6 Å². The largest absolute Gasteiger partial charge is 0.439 e. The molecule has 0 unspecified atom stereocenters. The van der Waals surface area contributed by atoms with Crippen LogP contribution in [-0.2, 0) is 19.9 Å². The van der Waals surface area contributed by atoms with Gasteiger partial charge in [-0.1, -0.05) is 60.7 Å². The predicted molar refractivity (Wildman–Crippen MR) is 139 cm³/mol. The molecule has 0 aliphatic carbocycles.